The van der Waals surface area contributed by atoms with Crippen molar-refractivity contribution in [3.63, 3.8) is 0 Å². The number of likely N-dealkylation sites (tertiary alicyclic amines) is 1. The van der Waals surface area contributed by atoms with E-state index in [4.69, 9.17) is 28.8 Å². The number of aliphatic hydroxyl groups excluding tert-OH is 1. The largest absolute Gasteiger partial charge is 0.491 e. The number of hydrogen-bond donors (Lipinski definition) is 2. The lowest BCUT2D eigenvalue weighted by atomic mass is 10.1. The number of nitrogens with zero attached hydrogens (tertiary/aromatic N) is 1. The topological polar surface area (TPSA) is 116 Å². The third-order valence-electron chi connectivity index (χ3n) is 5.82. The molecule has 2 aliphatic rings. The minimum atomic E-state index is -0.919. The van der Waals surface area contributed by atoms with Crippen LogP contribution in [0.4, 0.5) is 4.79 Å². The van der Waals surface area contributed by atoms with E-state index in [0.29, 0.717) is 44.0 Å². The highest BCUT2D eigenvalue weighted by molar-refractivity contribution is 5.87. The highest BCUT2D eigenvalue weighted by Crippen LogP contribution is 2.24. The van der Waals surface area contributed by atoms with Crippen molar-refractivity contribution in [1.29, 1.82) is 0 Å². The molecule has 0 bridgehead atoms. The van der Waals surface area contributed by atoms with Gasteiger partial charge < -0.3 is 39.0 Å². The number of ether oxygens (including phenoxy) is 5. The van der Waals surface area contributed by atoms with Crippen molar-refractivity contribution in [2.45, 2.75) is 70.5 Å². The predicted octanol–water partition coefficient (Wildman–Crippen LogP) is 2.78. The molecule has 10 nitrogen and oxygen atoms in total. The molecule has 2 aliphatic heterocycles. The maximum atomic E-state index is 13.4. The van der Waals surface area contributed by atoms with Gasteiger partial charge in [0.15, 0.2) is 6.29 Å². The SMILES string of the molecule is CC(C)(C)OC(=O)NC(C(=O)N1CCC(OCCO)C1)c1ccc(OCCOC2CCCCO2)cc1. The zero-order valence-corrected chi connectivity index (χ0v) is 21.6. The van der Waals surface area contributed by atoms with Crippen LogP contribution in [0, 0.1) is 0 Å². The standard InChI is InChI=1S/C26H40N2O8/c1-26(2,3)36-25(31)27-23(24(30)28-12-11-21(18-28)32-15-13-29)19-7-9-20(10-8-19)33-16-17-35-22-6-4-5-14-34-22/h7-10,21-23,29H,4-6,11-18H2,1-3H3,(H,27,31). The molecule has 2 N–H and O–H groups in total. The average molecular weight is 509 g/mol. The van der Waals surface area contributed by atoms with Crippen LogP contribution in [0.2, 0.25) is 0 Å². The Morgan fingerprint density at radius 2 is 1.89 bits per heavy atom. The number of carbonyl (C=O) groups is 2. The summed E-state index contributed by atoms with van der Waals surface area (Å²) in [6.45, 7) is 7.90. The fourth-order valence-corrected chi connectivity index (χ4v) is 4.12. The molecule has 0 saturated carbocycles. The molecule has 2 saturated heterocycles. The summed E-state index contributed by atoms with van der Waals surface area (Å²) >= 11 is 0. The number of carbonyl (C=O) groups excluding carboxylic acids is 2. The van der Waals surface area contributed by atoms with Gasteiger partial charge in [0.05, 0.1) is 25.9 Å². The lowest BCUT2D eigenvalue weighted by Gasteiger charge is -2.27. The Hall–Kier alpha value is -2.40. The van der Waals surface area contributed by atoms with Gasteiger partial charge in [-0.15, -0.1) is 0 Å². The number of benzene rings is 1. The molecule has 0 spiro atoms. The quantitative estimate of drug-likeness (QED) is 0.439. The normalized spacial score (nSPS) is 21.2. The number of amides is 2. The van der Waals surface area contributed by atoms with E-state index >= 15 is 0 Å². The van der Waals surface area contributed by atoms with Gasteiger partial charge in [-0.05, 0) is 64.2 Å². The Kier molecular flexibility index (Phi) is 10.8. The maximum absolute atomic E-state index is 13.4. The molecule has 3 unspecified atom stereocenters. The fourth-order valence-electron chi connectivity index (χ4n) is 4.12. The third kappa shape index (κ3) is 9.24. The Labute approximate surface area is 213 Å². The van der Waals surface area contributed by atoms with E-state index in [1.807, 2.05) is 0 Å². The molecule has 3 rings (SSSR count). The molecular formula is C26H40N2O8. The molecule has 2 fully saturated rings. The van der Waals surface area contributed by atoms with E-state index in [1.165, 1.54) is 0 Å². The van der Waals surface area contributed by atoms with Crippen molar-refractivity contribution >= 4 is 12.0 Å². The van der Waals surface area contributed by atoms with Crippen molar-refractivity contribution in [3.05, 3.63) is 29.8 Å². The van der Waals surface area contributed by atoms with Crippen LogP contribution >= 0.6 is 0 Å². The van der Waals surface area contributed by atoms with Gasteiger partial charge in [-0.1, -0.05) is 12.1 Å². The average Bonchev–Trinajstić information content (AvgIpc) is 3.33. The number of nitrogens with one attached hydrogen (secondary N) is 1. The molecule has 0 aromatic heterocycles. The molecule has 0 aliphatic carbocycles. The van der Waals surface area contributed by atoms with Crippen LogP contribution in [0.3, 0.4) is 0 Å². The van der Waals surface area contributed by atoms with Crippen LogP contribution < -0.4 is 10.1 Å². The summed E-state index contributed by atoms with van der Waals surface area (Å²) in [4.78, 5) is 27.6. The van der Waals surface area contributed by atoms with Gasteiger partial charge in [0, 0.05) is 19.7 Å². The van der Waals surface area contributed by atoms with Crippen LogP contribution in [0.15, 0.2) is 24.3 Å². The first-order valence-corrected chi connectivity index (χ1v) is 12.7. The van der Waals surface area contributed by atoms with Crippen LogP contribution in [0.5, 0.6) is 5.75 Å². The predicted molar refractivity (Wildman–Crippen MR) is 132 cm³/mol. The van der Waals surface area contributed by atoms with Gasteiger partial charge in [0.2, 0.25) is 5.91 Å². The molecule has 3 atom stereocenters. The van der Waals surface area contributed by atoms with Crippen LogP contribution in [-0.2, 0) is 23.7 Å². The molecular weight excluding hydrogens is 468 g/mol. The Morgan fingerprint density at radius 1 is 1.11 bits per heavy atom. The van der Waals surface area contributed by atoms with Gasteiger partial charge in [-0.2, -0.15) is 0 Å². The van der Waals surface area contributed by atoms with Crippen LogP contribution in [-0.4, -0.2) is 86.1 Å². The molecule has 0 radical (unpaired) electrons. The highest BCUT2D eigenvalue weighted by atomic mass is 16.7. The van der Waals surface area contributed by atoms with Crippen molar-refractivity contribution in [2.75, 3.05) is 46.1 Å². The minimum Gasteiger partial charge on any atom is -0.491 e. The number of aliphatic hydroxyl groups is 1. The van der Waals surface area contributed by atoms with Gasteiger partial charge >= 0.3 is 6.09 Å². The van der Waals surface area contributed by atoms with Crippen molar-refractivity contribution in [3.8, 4) is 5.75 Å². The third-order valence-corrected chi connectivity index (χ3v) is 5.82. The monoisotopic (exact) mass is 508 g/mol. The second-order valence-electron chi connectivity index (χ2n) is 9.95. The fraction of sp³-hybridized carbons (Fsp3) is 0.692. The zero-order chi connectivity index (χ0) is 26.0. The number of alkyl carbamates (subject to hydrolysis) is 1. The Balaban J connectivity index is 1.59. The van der Waals surface area contributed by atoms with E-state index in [1.54, 1.807) is 49.9 Å². The lowest BCUT2D eigenvalue weighted by Crippen LogP contribution is -2.44. The maximum Gasteiger partial charge on any atom is 0.408 e. The van der Waals surface area contributed by atoms with Crippen LogP contribution in [0.25, 0.3) is 0 Å². The second kappa shape index (κ2) is 13.8. The summed E-state index contributed by atoms with van der Waals surface area (Å²) < 4.78 is 28.0. The molecule has 10 heteroatoms. The molecule has 1 aromatic rings. The van der Waals surface area contributed by atoms with Gasteiger partial charge in [-0.25, -0.2) is 4.79 Å². The number of rotatable bonds is 11. The van der Waals surface area contributed by atoms with E-state index in [-0.39, 0.29) is 31.5 Å². The second-order valence-corrected chi connectivity index (χ2v) is 9.95. The summed E-state index contributed by atoms with van der Waals surface area (Å²) in [5, 5.41) is 11.7. The lowest BCUT2D eigenvalue weighted by molar-refractivity contribution is -0.165. The van der Waals surface area contributed by atoms with Crippen molar-refractivity contribution in [2.24, 2.45) is 0 Å². The first-order valence-electron chi connectivity index (χ1n) is 12.7. The van der Waals surface area contributed by atoms with Crippen molar-refractivity contribution in [1.82, 2.24) is 10.2 Å². The Morgan fingerprint density at radius 3 is 2.56 bits per heavy atom. The van der Waals surface area contributed by atoms with E-state index < -0.39 is 17.7 Å². The summed E-state index contributed by atoms with van der Waals surface area (Å²) in [6.07, 6.45) is 2.79. The zero-order valence-electron chi connectivity index (χ0n) is 21.6. The highest BCUT2D eigenvalue weighted by Gasteiger charge is 2.34. The Bertz CT molecular complexity index is 820. The van der Waals surface area contributed by atoms with E-state index in [9.17, 15) is 9.59 Å². The van der Waals surface area contributed by atoms with Gasteiger partial charge in [0.1, 0.15) is 24.0 Å². The molecule has 36 heavy (non-hydrogen) atoms. The first-order chi connectivity index (χ1) is 17.2. The summed E-state index contributed by atoms with van der Waals surface area (Å²) in [5.74, 6) is 0.388. The van der Waals surface area contributed by atoms with E-state index in [2.05, 4.69) is 5.32 Å². The molecule has 202 valence electrons. The van der Waals surface area contributed by atoms with Gasteiger partial charge in [-0.3, -0.25) is 4.79 Å². The minimum absolute atomic E-state index is 0.0673. The first kappa shape index (κ1) is 28.2. The summed E-state index contributed by atoms with van der Waals surface area (Å²) in [7, 11) is 0. The van der Waals surface area contributed by atoms with Crippen LogP contribution in [0.1, 0.15) is 58.1 Å². The van der Waals surface area contributed by atoms with E-state index in [0.717, 1.165) is 25.9 Å². The number of hydrogen-bond acceptors (Lipinski definition) is 8. The van der Waals surface area contributed by atoms with Crippen molar-refractivity contribution < 1.29 is 38.4 Å². The molecule has 2 heterocycles. The molecule has 2 amide bonds. The summed E-state index contributed by atoms with van der Waals surface area (Å²) in [5.41, 5.74) is -0.0819. The van der Waals surface area contributed by atoms with Gasteiger partial charge in [0.25, 0.3) is 0 Å². The molecule has 1 aromatic carbocycles. The summed E-state index contributed by atoms with van der Waals surface area (Å²) in [6, 6.07) is 6.13. The smallest absolute Gasteiger partial charge is 0.408 e.